The molecule has 142 valence electrons. The van der Waals surface area contributed by atoms with E-state index in [0.717, 1.165) is 10.2 Å². The molecule has 0 saturated heterocycles. The van der Waals surface area contributed by atoms with Gasteiger partial charge in [0.25, 0.3) is 5.91 Å². The van der Waals surface area contributed by atoms with Crippen molar-refractivity contribution in [2.45, 2.75) is 11.4 Å². The number of hydrogen-bond acceptors (Lipinski definition) is 8. The van der Waals surface area contributed by atoms with Crippen LogP contribution in [0.1, 0.15) is 6.42 Å². The van der Waals surface area contributed by atoms with Crippen molar-refractivity contribution < 1.29 is 14.3 Å². The summed E-state index contributed by atoms with van der Waals surface area (Å²) in [7, 11) is 0. The summed E-state index contributed by atoms with van der Waals surface area (Å²) in [5, 5.41) is 12.3. The van der Waals surface area contributed by atoms with E-state index in [9.17, 15) is 9.59 Å². The van der Waals surface area contributed by atoms with Gasteiger partial charge in [0.15, 0.2) is 6.61 Å². The molecule has 0 fully saturated rings. The fourth-order valence-electron chi connectivity index (χ4n) is 2.44. The largest absolute Gasteiger partial charge is 0.455 e. The van der Waals surface area contributed by atoms with Crippen molar-refractivity contribution in [3.8, 4) is 6.07 Å². The molecule has 1 aromatic carbocycles. The van der Waals surface area contributed by atoms with E-state index >= 15 is 0 Å². The maximum Gasteiger partial charge on any atom is 0.316 e. The van der Waals surface area contributed by atoms with Crippen LogP contribution in [0.2, 0.25) is 0 Å². The van der Waals surface area contributed by atoms with E-state index in [2.05, 4.69) is 9.97 Å². The number of carbonyl (C=O) groups is 2. The molecule has 0 atom stereocenters. The molecule has 2 aromatic heterocycles. The molecule has 0 saturated carbocycles. The second-order valence-electron chi connectivity index (χ2n) is 5.56. The predicted molar refractivity (Wildman–Crippen MR) is 108 cm³/mol. The molecule has 0 aliphatic heterocycles. The fourth-order valence-corrected chi connectivity index (χ4v) is 4.02. The van der Waals surface area contributed by atoms with Gasteiger partial charge in [-0.1, -0.05) is 30.0 Å². The first-order valence-corrected chi connectivity index (χ1v) is 10.2. The van der Waals surface area contributed by atoms with E-state index in [4.69, 9.17) is 10.00 Å². The molecule has 0 radical (unpaired) electrons. The van der Waals surface area contributed by atoms with E-state index in [1.165, 1.54) is 34.3 Å². The van der Waals surface area contributed by atoms with Crippen LogP contribution in [0.5, 0.6) is 0 Å². The summed E-state index contributed by atoms with van der Waals surface area (Å²) in [6.45, 7) is -0.139. The van der Waals surface area contributed by atoms with Crippen molar-refractivity contribution in [3.05, 3.63) is 48.1 Å². The van der Waals surface area contributed by atoms with Crippen molar-refractivity contribution >= 4 is 50.9 Å². The van der Waals surface area contributed by atoms with Gasteiger partial charge in [0.05, 0.1) is 18.2 Å². The first-order valence-electron chi connectivity index (χ1n) is 8.38. The Morgan fingerprint density at radius 2 is 2.04 bits per heavy atom. The van der Waals surface area contributed by atoms with Gasteiger partial charge in [0.1, 0.15) is 16.2 Å². The molecule has 3 aromatic rings. The van der Waals surface area contributed by atoms with Gasteiger partial charge >= 0.3 is 5.97 Å². The number of rotatable bonds is 8. The Kier molecular flexibility index (Phi) is 6.94. The molecular weight excluding hydrogens is 396 g/mol. The molecular formula is C19H16N4O3S2. The fraction of sp³-hybridized carbons (Fsp3) is 0.211. The first kappa shape index (κ1) is 19.8. The molecule has 3 rings (SSSR count). The average Bonchev–Trinajstić information content (AvgIpc) is 3.21. The van der Waals surface area contributed by atoms with Crippen LogP contribution >= 0.6 is 23.1 Å². The van der Waals surface area contributed by atoms with E-state index in [1.807, 2.05) is 23.6 Å². The molecule has 2 heterocycles. The minimum Gasteiger partial charge on any atom is -0.455 e. The van der Waals surface area contributed by atoms with Crippen molar-refractivity contribution in [3.63, 3.8) is 0 Å². The van der Waals surface area contributed by atoms with Crippen molar-refractivity contribution in [2.75, 3.05) is 23.8 Å². The number of fused-ring (bicyclic) bond motifs is 1. The summed E-state index contributed by atoms with van der Waals surface area (Å²) in [4.78, 5) is 35.2. The topological polar surface area (TPSA) is 96.2 Å². The van der Waals surface area contributed by atoms with E-state index in [1.54, 1.807) is 24.3 Å². The van der Waals surface area contributed by atoms with E-state index < -0.39 is 5.97 Å². The van der Waals surface area contributed by atoms with Gasteiger partial charge in [-0.05, 0) is 23.6 Å². The van der Waals surface area contributed by atoms with Crippen LogP contribution < -0.4 is 4.90 Å². The number of benzene rings is 1. The number of nitrogens with zero attached hydrogens (tertiary/aromatic N) is 4. The highest BCUT2D eigenvalue weighted by Crippen LogP contribution is 2.27. The Labute approximate surface area is 170 Å². The summed E-state index contributed by atoms with van der Waals surface area (Å²) in [5.41, 5.74) is 0.661. The molecule has 28 heavy (non-hydrogen) atoms. The minimum absolute atomic E-state index is 0.0404. The Morgan fingerprint density at radius 3 is 2.82 bits per heavy atom. The van der Waals surface area contributed by atoms with Crippen LogP contribution in [0, 0.1) is 11.3 Å². The Hall–Kier alpha value is -2.96. The number of thioether (sulfide) groups is 1. The third-order valence-corrected chi connectivity index (χ3v) is 5.52. The summed E-state index contributed by atoms with van der Waals surface area (Å²) in [6, 6.07) is 12.9. The summed E-state index contributed by atoms with van der Waals surface area (Å²) >= 11 is 2.75. The number of esters is 1. The van der Waals surface area contributed by atoms with Gasteiger partial charge in [-0.25, -0.2) is 9.97 Å². The number of nitriles is 1. The quantitative estimate of drug-likeness (QED) is 0.318. The normalized spacial score (nSPS) is 10.4. The van der Waals surface area contributed by atoms with Crippen LogP contribution in [-0.4, -0.2) is 40.7 Å². The molecule has 9 heteroatoms. The summed E-state index contributed by atoms with van der Waals surface area (Å²) < 4.78 is 5.13. The minimum atomic E-state index is -0.506. The van der Waals surface area contributed by atoms with Crippen molar-refractivity contribution in [1.29, 1.82) is 5.26 Å². The summed E-state index contributed by atoms with van der Waals surface area (Å²) in [5.74, 6) is -0.839. The zero-order chi connectivity index (χ0) is 19.8. The molecule has 0 aliphatic carbocycles. The maximum atomic E-state index is 12.5. The summed E-state index contributed by atoms with van der Waals surface area (Å²) in [6.07, 6.45) is 1.65. The second kappa shape index (κ2) is 9.82. The zero-order valence-corrected chi connectivity index (χ0v) is 16.4. The number of para-hydroxylation sites is 1. The molecule has 7 nitrogen and oxygen atoms in total. The second-order valence-corrected chi connectivity index (χ2v) is 7.42. The van der Waals surface area contributed by atoms with Gasteiger partial charge in [0, 0.05) is 17.6 Å². The Balaban J connectivity index is 1.54. The van der Waals surface area contributed by atoms with Crippen LogP contribution in [-0.2, 0) is 14.3 Å². The van der Waals surface area contributed by atoms with Crippen molar-refractivity contribution in [1.82, 2.24) is 9.97 Å². The SMILES string of the molecule is N#CCCN(C(=O)COC(=O)CSc1ncnc2sccc12)c1ccccc1. The monoisotopic (exact) mass is 412 g/mol. The van der Waals surface area contributed by atoms with Gasteiger partial charge in [-0.2, -0.15) is 5.26 Å². The number of anilines is 1. The van der Waals surface area contributed by atoms with Gasteiger partial charge < -0.3 is 9.64 Å². The highest BCUT2D eigenvalue weighted by molar-refractivity contribution is 8.00. The first-order chi connectivity index (χ1) is 13.7. The molecule has 0 spiro atoms. The van der Waals surface area contributed by atoms with Gasteiger partial charge in [-0.3, -0.25) is 9.59 Å². The average molecular weight is 412 g/mol. The molecule has 1 amide bonds. The maximum absolute atomic E-state index is 12.5. The standard InChI is InChI=1S/C19H16N4O3S2/c20-8-4-9-23(14-5-2-1-3-6-14)16(24)11-26-17(25)12-28-19-15-7-10-27-18(15)21-13-22-19/h1-3,5-7,10,13H,4,9,11-12H2. The van der Waals surface area contributed by atoms with Crippen LogP contribution in [0.4, 0.5) is 5.69 Å². The smallest absolute Gasteiger partial charge is 0.316 e. The van der Waals surface area contributed by atoms with Crippen molar-refractivity contribution in [2.24, 2.45) is 0 Å². The van der Waals surface area contributed by atoms with Crippen LogP contribution in [0.15, 0.2) is 53.1 Å². The highest BCUT2D eigenvalue weighted by atomic mass is 32.2. The predicted octanol–water partition coefficient (Wildman–Crippen LogP) is 3.27. The third-order valence-electron chi connectivity index (χ3n) is 3.72. The number of amides is 1. The molecule has 0 unspecified atom stereocenters. The lowest BCUT2D eigenvalue weighted by Crippen LogP contribution is -2.35. The lowest BCUT2D eigenvalue weighted by Gasteiger charge is -2.21. The van der Waals surface area contributed by atoms with Crippen LogP contribution in [0.3, 0.4) is 0 Å². The zero-order valence-electron chi connectivity index (χ0n) is 14.8. The van der Waals surface area contributed by atoms with Gasteiger partial charge in [0.2, 0.25) is 0 Å². The molecule has 0 N–H and O–H groups in total. The molecule has 0 bridgehead atoms. The third kappa shape index (κ3) is 5.06. The Bertz CT molecular complexity index is 1000. The van der Waals surface area contributed by atoms with Crippen LogP contribution in [0.25, 0.3) is 10.2 Å². The number of ether oxygens (including phenoxy) is 1. The lowest BCUT2D eigenvalue weighted by atomic mass is 10.2. The van der Waals surface area contributed by atoms with Gasteiger partial charge in [-0.15, -0.1) is 11.3 Å². The van der Waals surface area contributed by atoms with E-state index in [0.29, 0.717) is 10.7 Å². The Morgan fingerprint density at radius 1 is 1.21 bits per heavy atom. The number of thiophene rings is 1. The highest BCUT2D eigenvalue weighted by Gasteiger charge is 2.18. The lowest BCUT2D eigenvalue weighted by molar-refractivity contribution is -0.145. The number of hydrogen-bond donors (Lipinski definition) is 0. The van der Waals surface area contributed by atoms with E-state index in [-0.39, 0.29) is 31.2 Å². The number of carbonyl (C=O) groups excluding carboxylic acids is 2. The molecule has 0 aliphatic rings. The number of aromatic nitrogens is 2.